The lowest BCUT2D eigenvalue weighted by molar-refractivity contribution is 0.655. The Balaban J connectivity index is 1.98. The van der Waals surface area contributed by atoms with Gasteiger partial charge in [0.1, 0.15) is 5.65 Å². The van der Waals surface area contributed by atoms with Crippen LogP contribution in [0.3, 0.4) is 0 Å². The quantitative estimate of drug-likeness (QED) is 0.650. The maximum Gasteiger partial charge on any atom is 0.137 e. The van der Waals surface area contributed by atoms with E-state index in [-0.39, 0.29) is 0 Å². The van der Waals surface area contributed by atoms with Crippen LogP contribution in [0.25, 0.3) is 5.65 Å². The Morgan fingerprint density at radius 1 is 1.25 bits per heavy atom. The normalized spacial score (nSPS) is 11.1. The molecule has 0 atom stereocenters. The summed E-state index contributed by atoms with van der Waals surface area (Å²) in [5, 5.41) is 4.25. The molecule has 0 fully saturated rings. The van der Waals surface area contributed by atoms with Crippen molar-refractivity contribution in [2.75, 3.05) is 0 Å². The molecule has 0 N–H and O–H groups in total. The fourth-order valence-electron chi connectivity index (χ4n) is 1.78. The van der Waals surface area contributed by atoms with E-state index in [2.05, 4.69) is 10.1 Å². The van der Waals surface area contributed by atoms with E-state index >= 15 is 0 Å². The van der Waals surface area contributed by atoms with Gasteiger partial charge in [0, 0.05) is 24.3 Å². The van der Waals surface area contributed by atoms with E-state index < -0.39 is 0 Å². The second-order valence-corrected chi connectivity index (χ2v) is 3.83. The van der Waals surface area contributed by atoms with Gasteiger partial charge in [-0.1, -0.05) is 6.07 Å². The molecule has 0 spiro atoms. The van der Waals surface area contributed by atoms with Crippen molar-refractivity contribution in [3.8, 4) is 0 Å². The van der Waals surface area contributed by atoms with Crippen LogP contribution in [0.2, 0.25) is 0 Å². The van der Waals surface area contributed by atoms with E-state index in [1.165, 1.54) is 0 Å². The zero-order valence-electron chi connectivity index (χ0n) is 9.04. The smallest absolute Gasteiger partial charge is 0.137 e. The summed E-state index contributed by atoms with van der Waals surface area (Å²) >= 11 is 0. The lowest BCUT2D eigenvalue weighted by Crippen LogP contribution is -2.03. The highest BCUT2D eigenvalue weighted by molar-refractivity contribution is 5.39. The van der Waals surface area contributed by atoms with Gasteiger partial charge < -0.3 is 4.40 Å². The number of aromatic nitrogens is 4. The summed E-state index contributed by atoms with van der Waals surface area (Å²) in [6, 6.07) is 7.98. The van der Waals surface area contributed by atoms with Gasteiger partial charge in [-0.3, -0.25) is 4.68 Å². The minimum Gasteiger partial charge on any atom is -0.307 e. The second kappa shape index (κ2) is 3.48. The predicted octanol–water partition coefficient (Wildman–Crippen LogP) is 1.89. The van der Waals surface area contributed by atoms with Gasteiger partial charge in [0.05, 0.1) is 12.2 Å². The molecule has 0 saturated carbocycles. The average Bonchev–Trinajstić information content (AvgIpc) is 2.85. The molecule has 3 rings (SSSR count). The Labute approximate surface area is 93.2 Å². The third kappa shape index (κ3) is 1.48. The number of pyridine rings is 1. The van der Waals surface area contributed by atoms with Crippen molar-refractivity contribution < 1.29 is 0 Å². The summed E-state index contributed by atoms with van der Waals surface area (Å²) in [7, 11) is 0. The van der Waals surface area contributed by atoms with Gasteiger partial charge >= 0.3 is 0 Å². The van der Waals surface area contributed by atoms with Gasteiger partial charge in [-0.15, -0.1) is 0 Å². The van der Waals surface area contributed by atoms with Crippen LogP contribution in [-0.2, 0) is 6.54 Å². The van der Waals surface area contributed by atoms with Crippen molar-refractivity contribution >= 4 is 5.65 Å². The van der Waals surface area contributed by atoms with Gasteiger partial charge in [-0.2, -0.15) is 5.10 Å². The Morgan fingerprint density at radius 3 is 2.94 bits per heavy atom. The zero-order chi connectivity index (χ0) is 11.0. The first-order valence-corrected chi connectivity index (χ1v) is 5.24. The van der Waals surface area contributed by atoms with Crippen molar-refractivity contribution in [1.82, 2.24) is 19.2 Å². The summed E-state index contributed by atoms with van der Waals surface area (Å²) in [5.74, 6) is 0. The third-order valence-corrected chi connectivity index (χ3v) is 2.65. The molecular weight excluding hydrogens is 200 g/mol. The topological polar surface area (TPSA) is 35.1 Å². The van der Waals surface area contributed by atoms with Gasteiger partial charge in [0.15, 0.2) is 0 Å². The van der Waals surface area contributed by atoms with Crippen molar-refractivity contribution in [3.05, 3.63) is 54.2 Å². The number of rotatable bonds is 2. The molecule has 0 radical (unpaired) electrons. The zero-order valence-corrected chi connectivity index (χ0v) is 9.04. The maximum atomic E-state index is 4.53. The highest BCUT2D eigenvalue weighted by Gasteiger charge is 2.03. The lowest BCUT2D eigenvalue weighted by Gasteiger charge is -1.99. The van der Waals surface area contributed by atoms with Crippen molar-refractivity contribution in [3.63, 3.8) is 0 Å². The largest absolute Gasteiger partial charge is 0.307 e. The molecule has 0 aliphatic heterocycles. The molecule has 0 amide bonds. The van der Waals surface area contributed by atoms with E-state index in [0.717, 1.165) is 23.6 Å². The van der Waals surface area contributed by atoms with Gasteiger partial charge in [-0.05, 0) is 25.1 Å². The summed E-state index contributed by atoms with van der Waals surface area (Å²) < 4.78 is 3.97. The van der Waals surface area contributed by atoms with Crippen molar-refractivity contribution in [2.45, 2.75) is 13.5 Å². The Kier molecular flexibility index (Phi) is 1.99. The third-order valence-electron chi connectivity index (χ3n) is 2.65. The molecule has 3 aromatic rings. The molecule has 0 saturated heterocycles. The number of aryl methyl sites for hydroxylation is 1. The Bertz CT molecular complexity index is 588. The molecule has 3 aromatic heterocycles. The molecule has 0 unspecified atom stereocenters. The second-order valence-electron chi connectivity index (χ2n) is 3.83. The number of hydrogen-bond donors (Lipinski definition) is 0. The first-order valence-electron chi connectivity index (χ1n) is 5.24. The number of hydrogen-bond acceptors (Lipinski definition) is 2. The molecule has 4 nitrogen and oxygen atoms in total. The van der Waals surface area contributed by atoms with E-state index in [1.807, 2.05) is 58.9 Å². The molecule has 0 aromatic carbocycles. The van der Waals surface area contributed by atoms with E-state index in [1.54, 1.807) is 0 Å². The highest BCUT2D eigenvalue weighted by atomic mass is 15.3. The van der Waals surface area contributed by atoms with Crippen molar-refractivity contribution in [2.24, 2.45) is 0 Å². The van der Waals surface area contributed by atoms with Crippen LogP contribution in [0.1, 0.15) is 11.4 Å². The molecule has 0 aliphatic rings. The highest BCUT2D eigenvalue weighted by Crippen LogP contribution is 2.07. The predicted molar refractivity (Wildman–Crippen MR) is 61.3 cm³/mol. The monoisotopic (exact) mass is 212 g/mol. The first-order chi connectivity index (χ1) is 7.83. The summed E-state index contributed by atoms with van der Waals surface area (Å²) in [6.07, 6.45) is 5.85. The standard InChI is InChI=1S/C12H12N4/c1-10-5-6-13-16(10)9-11-8-15-7-3-2-4-12(15)14-11/h2-8H,9H2,1H3. The Hall–Kier alpha value is -2.10. The van der Waals surface area contributed by atoms with Crippen molar-refractivity contribution in [1.29, 1.82) is 0 Å². The average molecular weight is 212 g/mol. The van der Waals surface area contributed by atoms with Gasteiger partial charge in [0.2, 0.25) is 0 Å². The molecule has 80 valence electrons. The van der Waals surface area contributed by atoms with Crippen LogP contribution in [0.15, 0.2) is 42.9 Å². The summed E-state index contributed by atoms with van der Waals surface area (Å²) in [5.41, 5.74) is 3.15. The molecule has 3 heterocycles. The fraction of sp³-hybridized carbons (Fsp3) is 0.167. The molecule has 4 heteroatoms. The van der Waals surface area contributed by atoms with Gasteiger partial charge in [-0.25, -0.2) is 4.98 Å². The first kappa shape index (κ1) is 9.15. The molecule has 16 heavy (non-hydrogen) atoms. The van der Waals surface area contributed by atoms with Crippen LogP contribution in [-0.4, -0.2) is 19.2 Å². The number of imidazole rings is 1. The molecule has 0 bridgehead atoms. The van der Waals surface area contributed by atoms with Crippen LogP contribution < -0.4 is 0 Å². The van der Waals surface area contributed by atoms with Crippen LogP contribution in [0.5, 0.6) is 0 Å². The minimum absolute atomic E-state index is 0.723. The summed E-state index contributed by atoms with van der Waals surface area (Å²) in [6.45, 7) is 2.77. The van der Waals surface area contributed by atoms with Crippen LogP contribution in [0.4, 0.5) is 0 Å². The minimum atomic E-state index is 0.723. The lowest BCUT2D eigenvalue weighted by atomic mass is 10.4. The summed E-state index contributed by atoms with van der Waals surface area (Å²) in [4.78, 5) is 4.53. The molecular formula is C12H12N4. The van der Waals surface area contributed by atoms with Gasteiger partial charge in [0.25, 0.3) is 0 Å². The van der Waals surface area contributed by atoms with E-state index in [9.17, 15) is 0 Å². The number of fused-ring (bicyclic) bond motifs is 1. The molecule has 0 aliphatic carbocycles. The van der Waals surface area contributed by atoms with Crippen LogP contribution >= 0.6 is 0 Å². The van der Waals surface area contributed by atoms with E-state index in [4.69, 9.17) is 0 Å². The van der Waals surface area contributed by atoms with E-state index in [0.29, 0.717) is 0 Å². The fourth-order valence-corrected chi connectivity index (χ4v) is 1.78. The number of nitrogens with zero attached hydrogens (tertiary/aromatic N) is 4. The maximum absolute atomic E-state index is 4.53. The Morgan fingerprint density at radius 2 is 2.19 bits per heavy atom. The SMILES string of the molecule is Cc1ccnn1Cc1cn2ccccc2n1. The van der Waals surface area contributed by atoms with Crippen LogP contribution in [0, 0.1) is 6.92 Å².